The Labute approximate surface area is 119 Å². The van der Waals surface area contributed by atoms with Crippen LogP contribution in [0.4, 0.5) is 10.1 Å². The lowest BCUT2D eigenvalue weighted by atomic mass is 9.99. The van der Waals surface area contributed by atoms with Crippen LogP contribution in [0.2, 0.25) is 0 Å². The van der Waals surface area contributed by atoms with E-state index in [4.69, 9.17) is 5.73 Å². The van der Waals surface area contributed by atoms with E-state index in [1.54, 1.807) is 31.2 Å². The molecule has 19 heavy (non-hydrogen) atoms. The maximum Gasteiger partial charge on any atom is 0.167 e. The SMILES string of the molecule is Cc1cc(F)ccc1CC(=O)c1cc(N)cc(Br)c1. The molecule has 0 aliphatic heterocycles. The molecule has 2 nitrogen and oxygen atoms in total. The summed E-state index contributed by atoms with van der Waals surface area (Å²) in [5.74, 6) is -0.330. The molecule has 0 saturated carbocycles. The molecule has 4 heteroatoms. The quantitative estimate of drug-likeness (QED) is 0.688. The van der Waals surface area contributed by atoms with Gasteiger partial charge in [0, 0.05) is 22.1 Å². The van der Waals surface area contributed by atoms with Crippen molar-refractivity contribution in [3.8, 4) is 0 Å². The first kappa shape index (κ1) is 13.7. The number of anilines is 1. The van der Waals surface area contributed by atoms with Crippen molar-refractivity contribution in [3.05, 3.63) is 63.4 Å². The summed E-state index contributed by atoms with van der Waals surface area (Å²) in [5, 5.41) is 0. The first-order valence-corrected chi connectivity index (χ1v) is 6.59. The highest BCUT2D eigenvalue weighted by Crippen LogP contribution is 2.20. The predicted molar refractivity (Wildman–Crippen MR) is 77.7 cm³/mol. The second kappa shape index (κ2) is 5.53. The van der Waals surface area contributed by atoms with Gasteiger partial charge in [-0.25, -0.2) is 4.39 Å². The maximum absolute atomic E-state index is 13.0. The van der Waals surface area contributed by atoms with Gasteiger partial charge in [-0.05, 0) is 48.4 Å². The second-order valence-electron chi connectivity index (χ2n) is 4.44. The summed E-state index contributed by atoms with van der Waals surface area (Å²) < 4.78 is 13.8. The summed E-state index contributed by atoms with van der Waals surface area (Å²) in [5.41, 5.74) is 8.39. The van der Waals surface area contributed by atoms with Crippen molar-refractivity contribution in [1.82, 2.24) is 0 Å². The van der Waals surface area contributed by atoms with Gasteiger partial charge < -0.3 is 5.73 Å². The molecule has 0 spiro atoms. The van der Waals surface area contributed by atoms with Crippen LogP contribution in [0.1, 0.15) is 21.5 Å². The minimum atomic E-state index is -0.291. The van der Waals surface area contributed by atoms with E-state index in [1.807, 2.05) is 0 Å². The zero-order valence-electron chi connectivity index (χ0n) is 10.4. The third kappa shape index (κ3) is 3.41. The fourth-order valence-corrected chi connectivity index (χ4v) is 2.42. The number of ketones is 1. The number of hydrogen-bond acceptors (Lipinski definition) is 2. The number of aryl methyl sites for hydroxylation is 1. The molecule has 2 aromatic carbocycles. The van der Waals surface area contributed by atoms with Crippen LogP contribution in [0.3, 0.4) is 0 Å². The van der Waals surface area contributed by atoms with Crippen molar-refractivity contribution in [2.75, 3.05) is 5.73 Å². The molecule has 0 aromatic heterocycles. The maximum atomic E-state index is 13.0. The van der Waals surface area contributed by atoms with E-state index >= 15 is 0 Å². The fourth-order valence-electron chi connectivity index (χ4n) is 1.91. The summed E-state index contributed by atoms with van der Waals surface area (Å²) in [4.78, 5) is 12.2. The number of benzene rings is 2. The standard InChI is InChI=1S/C15H13BrFNO/c1-9-4-13(17)3-2-10(9)7-15(19)11-5-12(16)8-14(18)6-11/h2-6,8H,7,18H2,1H3. The first-order valence-electron chi connectivity index (χ1n) is 5.80. The molecule has 0 aliphatic carbocycles. The van der Waals surface area contributed by atoms with Crippen molar-refractivity contribution in [2.45, 2.75) is 13.3 Å². The third-order valence-corrected chi connectivity index (χ3v) is 3.36. The van der Waals surface area contributed by atoms with Crippen LogP contribution in [0.5, 0.6) is 0 Å². The zero-order chi connectivity index (χ0) is 14.0. The number of halogens is 2. The number of carbonyl (C=O) groups is 1. The molecular weight excluding hydrogens is 309 g/mol. The number of Topliss-reactive ketones (excluding diaryl/α,β-unsaturated/α-hetero) is 1. The van der Waals surface area contributed by atoms with Crippen LogP contribution in [-0.4, -0.2) is 5.78 Å². The van der Waals surface area contributed by atoms with Gasteiger partial charge in [0.15, 0.2) is 5.78 Å². The molecule has 0 bridgehead atoms. The van der Waals surface area contributed by atoms with Crippen molar-refractivity contribution in [3.63, 3.8) is 0 Å². The van der Waals surface area contributed by atoms with Gasteiger partial charge in [0.05, 0.1) is 0 Å². The van der Waals surface area contributed by atoms with Gasteiger partial charge in [0.1, 0.15) is 5.82 Å². The number of nitrogens with two attached hydrogens (primary N) is 1. The highest BCUT2D eigenvalue weighted by molar-refractivity contribution is 9.10. The Morgan fingerprint density at radius 2 is 2.00 bits per heavy atom. The van der Waals surface area contributed by atoms with E-state index in [9.17, 15) is 9.18 Å². The van der Waals surface area contributed by atoms with Gasteiger partial charge in [-0.1, -0.05) is 22.0 Å². The summed E-state index contributed by atoms with van der Waals surface area (Å²) in [6.07, 6.45) is 0.238. The fraction of sp³-hybridized carbons (Fsp3) is 0.133. The molecule has 0 aliphatic rings. The lowest BCUT2D eigenvalue weighted by Gasteiger charge is -2.06. The van der Waals surface area contributed by atoms with Gasteiger partial charge in [0.25, 0.3) is 0 Å². The Kier molecular flexibility index (Phi) is 4.00. The van der Waals surface area contributed by atoms with Gasteiger partial charge in [-0.2, -0.15) is 0 Å². The average molecular weight is 322 g/mol. The molecule has 0 fully saturated rings. The van der Waals surface area contributed by atoms with Crippen LogP contribution in [-0.2, 0) is 6.42 Å². The Morgan fingerprint density at radius 3 is 2.63 bits per heavy atom. The molecule has 98 valence electrons. The largest absolute Gasteiger partial charge is 0.399 e. The lowest BCUT2D eigenvalue weighted by molar-refractivity contribution is 0.0992. The highest BCUT2D eigenvalue weighted by Gasteiger charge is 2.10. The molecule has 0 radical (unpaired) electrons. The number of nitrogen functional groups attached to an aromatic ring is 1. The average Bonchev–Trinajstić information content (AvgIpc) is 2.31. The van der Waals surface area contributed by atoms with Crippen LogP contribution >= 0.6 is 15.9 Å². The summed E-state index contributed by atoms with van der Waals surface area (Å²) in [7, 11) is 0. The number of hydrogen-bond donors (Lipinski definition) is 1. The van der Waals surface area contributed by atoms with Crippen molar-refractivity contribution < 1.29 is 9.18 Å². The molecule has 0 heterocycles. The normalized spacial score (nSPS) is 10.5. The molecule has 0 unspecified atom stereocenters. The smallest absolute Gasteiger partial charge is 0.167 e. The van der Waals surface area contributed by atoms with E-state index in [-0.39, 0.29) is 18.0 Å². The predicted octanol–water partition coefficient (Wildman–Crippen LogP) is 3.90. The van der Waals surface area contributed by atoms with E-state index in [0.717, 1.165) is 15.6 Å². The summed E-state index contributed by atoms with van der Waals surface area (Å²) in [6.45, 7) is 1.79. The minimum absolute atomic E-state index is 0.0392. The highest BCUT2D eigenvalue weighted by atomic mass is 79.9. The third-order valence-electron chi connectivity index (χ3n) is 2.90. The Balaban J connectivity index is 2.25. The molecule has 2 aromatic rings. The molecule has 2 rings (SSSR count). The Bertz CT molecular complexity index is 620. The van der Waals surface area contributed by atoms with Crippen molar-refractivity contribution in [1.29, 1.82) is 0 Å². The molecule has 0 atom stereocenters. The Morgan fingerprint density at radius 1 is 1.26 bits per heavy atom. The van der Waals surface area contributed by atoms with Crippen molar-refractivity contribution in [2.24, 2.45) is 0 Å². The van der Waals surface area contributed by atoms with Crippen LogP contribution in [0.15, 0.2) is 40.9 Å². The monoisotopic (exact) mass is 321 g/mol. The van der Waals surface area contributed by atoms with E-state index in [1.165, 1.54) is 12.1 Å². The van der Waals surface area contributed by atoms with Crippen molar-refractivity contribution >= 4 is 27.4 Å². The van der Waals surface area contributed by atoms with Crippen LogP contribution in [0.25, 0.3) is 0 Å². The van der Waals surface area contributed by atoms with Crippen LogP contribution < -0.4 is 5.73 Å². The first-order chi connectivity index (χ1) is 8.95. The zero-order valence-corrected chi connectivity index (χ0v) is 12.0. The van der Waals surface area contributed by atoms with E-state index in [2.05, 4.69) is 15.9 Å². The molecular formula is C15H13BrFNO. The number of rotatable bonds is 3. The topological polar surface area (TPSA) is 43.1 Å². The Hall–Kier alpha value is -1.68. The summed E-state index contributed by atoms with van der Waals surface area (Å²) >= 11 is 3.31. The summed E-state index contributed by atoms with van der Waals surface area (Å²) in [6, 6.07) is 9.55. The second-order valence-corrected chi connectivity index (χ2v) is 5.36. The lowest BCUT2D eigenvalue weighted by Crippen LogP contribution is -2.06. The van der Waals surface area contributed by atoms with Crippen LogP contribution in [0, 0.1) is 12.7 Å². The van der Waals surface area contributed by atoms with Gasteiger partial charge in [0.2, 0.25) is 0 Å². The number of carbonyl (C=O) groups excluding carboxylic acids is 1. The van der Waals surface area contributed by atoms with Gasteiger partial charge in [-0.15, -0.1) is 0 Å². The molecule has 0 amide bonds. The van der Waals surface area contributed by atoms with E-state index in [0.29, 0.717) is 11.3 Å². The van der Waals surface area contributed by atoms with Gasteiger partial charge in [-0.3, -0.25) is 4.79 Å². The molecule has 2 N–H and O–H groups in total. The van der Waals surface area contributed by atoms with E-state index < -0.39 is 0 Å². The van der Waals surface area contributed by atoms with Gasteiger partial charge >= 0.3 is 0 Å². The minimum Gasteiger partial charge on any atom is -0.399 e. The molecule has 0 saturated heterocycles.